The maximum Gasteiger partial charge on any atom is -0.00264 e. The van der Waals surface area contributed by atoms with Crippen molar-refractivity contribution in [2.75, 3.05) is 0 Å². The lowest BCUT2D eigenvalue weighted by Gasteiger charge is -2.12. The Labute approximate surface area is 118 Å². The van der Waals surface area contributed by atoms with Crippen molar-refractivity contribution in [2.24, 2.45) is 0 Å². The van der Waals surface area contributed by atoms with Crippen LogP contribution in [0.4, 0.5) is 0 Å². The Kier molecular flexibility index (Phi) is 2.34. The highest BCUT2D eigenvalue weighted by molar-refractivity contribution is 6.21. The van der Waals surface area contributed by atoms with Gasteiger partial charge < -0.3 is 0 Å². The molecule has 0 spiro atoms. The second-order valence-electron chi connectivity index (χ2n) is 5.58. The average Bonchev–Trinajstić information content (AvgIpc) is 2.47. The van der Waals surface area contributed by atoms with Gasteiger partial charge in [-0.1, -0.05) is 60.7 Å². The first kappa shape index (κ1) is 11.5. The van der Waals surface area contributed by atoms with Crippen molar-refractivity contribution >= 4 is 32.3 Å². The lowest BCUT2D eigenvalue weighted by molar-refractivity contribution is 1.53. The van der Waals surface area contributed by atoms with Crippen molar-refractivity contribution in [1.29, 1.82) is 0 Å². The highest BCUT2D eigenvalue weighted by atomic mass is 14.1. The molecule has 20 heavy (non-hydrogen) atoms. The quantitative estimate of drug-likeness (QED) is 0.351. The monoisotopic (exact) mass is 256 g/mol. The second-order valence-corrected chi connectivity index (χ2v) is 5.58. The van der Waals surface area contributed by atoms with Gasteiger partial charge in [0.2, 0.25) is 0 Å². The molecule has 0 radical (unpaired) electrons. The highest BCUT2D eigenvalue weighted by Gasteiger charge is 2.08. The molecule has 0 aliphatic carbocycles. The molecule has 0 heterocycles. The van der Waals surface area contributed by atoms with Crippen molar-refractivity contribution in [3.63, 3.8) is 0 Å². The lowest BCUT2D eigenvalue weighted by Crippen LogP contribution is -1.86. The number of hydrogen-bond acceptors (Lipinski definition) is 0. The summed E-state index contributed by atoms with van der Waals surface area (Å²) in [6, 6.07) is 22.1. The van der Waals surface area contributed by atoms with E-state index in [1.54, 1.807) is 0 Å². The zero-order valence-corrected chi connectivity index (χ0v) is 11.8. The standard InChI is InChI=1S/C20H16/c1-13-11-15-12-14(2)17-8-4-6-10-19(17)20(15)18-9-5-3-7-16(13)18/h3-12H,1-2H3. The van der Waals surface area contributed by atoms with Gasteiger partial charge in [0.1, 0.15) is 0 Å². The largest absolute Gasteiger partial charge is 0.0616 e. The number of benzene rings is 4. The minimum Gasteiger partial charge on any atom is -0.0616 e. The SMILES string of the molecule is Cc1cc2cc(C)c3ccccc3c2c2ccccc12. The summed E-state index contributed by atoms with van der Waals surface area (Å²) in [5.74, 6) is 0. The Morgan fingerprint density at radius 3 is 1.40 bits per heavy atom. The molecule has 0 atom stereocenters. The molecule has 0 aliphatic rings. The molecule has 0 heteroatoms. The van der Waals surface area contributed by atoms with Crippen LogP contribution in [-0.2, 0) is 0 Å². The van der Waals surface area contributed by atoms with E-state index in [1.165, 1.54) is 43.4 Å². The van der Waals surface area contributed by atoms with Crippen LogP contribution in [0.5, 0.6) is 0 Å². The first-order valence-electron chi connectivity index (χ1n) is 7.06. The molecule has 4 rings (SSSR count). The fourth-order valence-corrected chi connectivity index (χ4v) is 3.35. The van der Waals surface area contributed by atoms with Crippen LogP contribution >= 0.6 is 0 Å². The van der Waals surface area contributed by atoms with Gasteiger partial charge in [0.15, 0.2) is 0 Å². The van der Waals surface area contributed by atoms with Gasteiger partial charge in [0.25, 0.3) is 0 Å². The van der Waals surface area contributed by atoms with Crippen molar-refractivity contribution in [2.45, 2.75) is 13.8 Å². The number of aryl methyl sites for hydroxylation is 2. The number of hydrogen-bond donors (Lipinski definition) is 0. The third-order valence-corrected chi connectivity index (χ3v) is 4.28. The van der Waals surface area contributed by atoms with Gasteiger partial charge in [-0.05, 0) is 57.3 Å². The lowest BCUT2D eigenvalue weighted by atomic mass is 9.92. The van der Waals surface area contributed by atoms with Crippen molar-refractivity contribution in [3.8, 4) is 0 Å². The molecule has 0 N–H and O–H groups in total. The molecule has 0 nitrogen and oxygen atoms in total. The Morgan fingerprint density at radius 2 is 0.950 bits per heavy atom. The highest BCUT2D eigenvalue weighted by Crippen LogP contribution is 2.35. The minimum atomic E-state index is 1.34. The van der Waals surface area contributed by atoms with Crippen LogP contribution in [0.1, 0.15) is 11.1 Å². The van der Waals surface area contributed by atoms with Gasteiger partial charge in [0.05, 0.1) is 0 Å². The Bertz CT molecular complexity index is 885. The predicted octanol–water partition coefficient (Wildman–Crippen LogP) is 5.76. The number of fused-ring (bicyclic) bond motifs is 5. The Hall–Kier alpha value is -2.34. The Balaban J connectivity index is 2.40. The number of rotatable bonds is 0. The summed E-state index contributed by atoms with van der Waals surface area (Å²) in [7, 11) is 0. The van der Waals surface area contributed by atoms with E-state index < -0.39 is 0 Å². The molecule has 4 aromatic carbocycles. The molecule has 0 unspecified atom stereocenters. The van der Waals surface area contributed by atoms with Crippen LogP contribution in [0, 0.1) is 13.8 Å². The Morgan fingerprint density at radius 1 is 0.550 bits per heavy atom. The molecule has 96 valence electrons. The van der Waals surface area contributed by atoms with Crippen LogP contribution in [0.25, 0.3) is 32.3 Å². The van der Waals surface area contributed by atoms with E-state index in [-0.39, 0.29) is 0 Å². The van der Waals surface area contributed by atoms with Gasteiger partial charge in [-0.3, -0.25) is 0 Å². The molecule has 0 saturated heterocycles. The minimum absolute atomic E-state index is 1.34. The normalized spacial score (nSPS) is 11.5. The van der Waals surface area contributed by atoms with Crippen LogP contribution in [-0.4, -0.2) is 0 Å². The summed E-state index contributed by atoms with van der Waals surface area (Å²) in [5.41, 5.74) is 2.70. The van der Waals surface area contributed by atoms with Gasteiger partial charge in [0, 0.05) is 0 Å². The molecule has 0 aromatic heterocycles. The van der Waals surface area contributed by atoms with E-state index in [9.17, 15) is 0 Å². The van der Waals surface area contributed by atoms with Crippen molar-refractivity contribution < 1.29 is 0 Å². The smallest absolute Gasteiger partial charge is 0.00264 e. The maximum atomic E-state index is 2.32. The van der Waals surface area contributed by atoms with E-state index in [4.69, 9.17) is 0 Å². The summed E-state index contributed by atoms with van der Waals surface area (Å²) in [5, 5.41) is 8.16. The van der Waals surface area contributed by atoms with Crippen LogP contribution < -0.4 is 0 Å². The molecule has 0 fully saturated rings. The summed E-state index contributed by atoms with van der Waals surface area (Å²) < 4.78 is 0. The molecular formula is C20H16. The fourth-order valence-electron chi connectivity index (χ4n) is 3.35. The van der Waals surface area contributed by atoms with Crippen molar-refractivity contribution in [3.05, 3.63) is 71.8 Å². The zero-order chi connectivity index (χ0) is 13.7. The molecule has 4 aromatic rings. The molecule has 0 saturated carbocycles. The van der Waals surface area contributed by atoms with E-state index in [2.05, 4.69) is 74.5 Å². The molecule has 0 amide bonds. The van der Waals surface area contributed by atoms with Gasteiger partial charge in [-0.2, -0.15) is 0 Å². The molecular weight excluding hydrogens is 240 g/mol. The van der Waals surface area contributed by atoms with Crippen LogP contribution in [0.3, 0.4) is 0 Å². The van der Waals surface area contributed by atoms with E-state index in [0.717, 1.165) is 0 Å². The van der Waals surface area contributed by atoms with Crippen molar-refractivity contribution in [1.82, 2.24) is 0 Å². The second kappa shape index (κ2) is 4.08. The van der Waals surface area contributed by atoms with Crippen LogP contribution in [0.15, 0.2) is 60.7 Å². The van der Waals surface area contributed by atoms with E-state index in [0.29, 0.717) is 0 Å². The summed E-state index contributed by atoms with van der Waals surface area (Å²) in [4.78, 5) is 0. The summed E-state index contributed by atoms with van der Waals surface area (Å²) >= 11 is 0. The maximum absolute atomic E-state index is 2.32. The third kappa shape index (κ3) is 1.48. The van der Waals surface area contributed by atoms with E-state index in [1.807, 2.05) is 0 Å². The average molecular weight is 256 g/mol. The summed E-state index contributed by atoms with van der Waals surface area (Å²) in [6.07, 6.45) is 0. The fraction of sp³-hybridized carbons (Fsp3) is 0.100. The zero-order valence-electron chi connectivity index (χ0n) is 11.8. The predicted molar refractivity (Wildman–Crippen MR) is 88.4 cm³/mol. The van der Waals surface area contributed by atoms with Gasteiger partial charge in [-0.25, -0.2) is 0 Å². The molecule has 0 aliphatic heterocycles. The van der Waals surface area contributed by atoms with E-state index >= 15 is 0 Å². The van der Waals surface area contributed by atoms with Gasteiger partial charge in [-0.15, -0.1) is 0 Å². The first-order chi connectivity index (χ1) is 9.75. The topological polar surface area (TPSA) is 0 Å². The van der Waals surface area contributed by atoms with Crippen LogP contribution in [0.2, 0.25) is 0 Å². The summed E-state index contributed by atoms with van der Waals surface area (Å²) in [6.45, 7) is 4.40. The third-order valence-electron chi connectivity index (χ3n) is 4.28. The first-order valence-corrected chi connectivity index (χ1v) is 7.06. The molecule has 0 bridgehead atoms. The van der Waals surface area contributed by atoms with Gasteiger partial charge >= 0.3 is 0 Å².